The summed E-state index contributed by atoms with van der Waals surface area (Å²) in [6, 6.07) is 5.27. The number of hydrogen-bond acceptors (Lipinski definition) is 3. The number of hydrogen-bond donors (Lipinski definition) is 2. The van der Waals surface area contributed by atoms with Gasteiger partial charge in [0.05, 0.1) is 0 Å². The van der Waals surface area contributed by atoms with Crippen LogP contribution in [0.15, 0.2) is 36.7 Å². The monoisotopic (exact) mass is 305 g/mol. The fraction of sp³-hybridized carbons (Fsp3) is 0.429. The van der Waals surface area contributed by atoms with Crippen molar-refractivity contribution in [1.29, 1.82) is 0 Å². The molecule has 1 saturated heterocycles. The van der Waals surface area contributed by atoms with E-state index in [1.165, 1.54) is 25.1 Å². The molecule has 21 heavy (non-hydrogen) atoms. The molecule has 1 aliphatic rings. The van der Waals surface area contributed by atoms with Crippen molar-refractivity contribution in [2.24, 2.45) is 0 Å². The van der Waals surface area contributed by atoms with Gasteiger partial charge >= 0.3 is 5.92 Å². The number of nitrogens with one attached hydrogen (secondary N) is 1. The molecule has 2 N–H and O–H groups in total. The minimum Gasteiger partial charge on any atom is -0.467 e. The van der Waals surface area contributed by atoms with Gasteiger partial charge in [0, 0.05) is 5.56 Å². The van der Waals surface area contributed by atoms with Crippen LogP contribution in [0.5, 0.6) is 0 Å². The van der Waals surface area contributed by atoms with Crippen LogP contribution in [0.2, 0.25) is 0 Å². The number of ether oxygens (including phenoxy) is 1. The first-order valence-corrected chi connectivity index (χ1v) is 6.24. The number of alkyl halides is 3. The quantitative estimate of drug-likeness (QED) is 0.843. The largest absolute Gasteiger partial charge is 0.467 e. The zero-order chi connectivity index (χ0) is 15.8. The van der Waals surface area contributed by atoms with Crippen molar-refractivity contribution in [3.05, 3.63) is 48.1 Å². The van der Waals surface area contributed by atoms with Crippen molar-refractivity contribution in [2.75, 3.05) is 6.61 Å². The number of aliphatic hydroxyl groups is 1. The summed E-state index contributed by atoms with van der Waals surface area (Å²) in [6.07, 6.45) is -4.57. The Morgan fingerprint density at radius 3 is 2.62 bits per heavy atom. The summed E-state index contributed by atoms with van der Waals surface area (Å²) in [5.74, 6) is -4.87. The third-order valence-electron chi connectivity index (χ3n) is 3.55. The molecule has 0 bridgehead atoms. The summed E-state index contributed by atoms with van der Waals surface area (Å²) >= 11 is 0. The Morgan fingerprint density at radius 2 is 2.05 bits per heavy atom. The molecule has 116 valence electrons. The van der Waals surface area contributed by atoms with Crippen molar-refractivity contribution < 1.29 is 27.4 Å². The van der Waals surface area contributed by atoms with Gasteiger partial charge < -0.3 is 15.2 Å². The van der Waals surface area contributed by atoms with E-state index in [0.717, 1.165) is 6.07 Å². The zero-order valence-electron chi connectivity index (χ0n) is 11.2. The third-order valence-corrected chi connectivity index (χ3v) is 3.55. The van der Waals surface area contributed by atoms with E-state index in [1.807, 2.05) is 0 Å². The molecule has 0 amide bonds. The van der Waals surface area contributed by atoms with Crippen LogP contribution in [0.1, 0.15) is 12.5 Å². The van der Waals surface area contributed by atoms with Crippen LogP contribution in [0.4, 0.5) is 17.6 Å². The molecule has 3 atom stereocenters. The Morgan fingerprint density at radius 1 is 1.43 bits per heavy atom. The first-order valence-electron chi connectivity index (χ1n) is 6.24. The number of rotatable bonds is 3. The average Bonchev–Trinajstić information content (AvgIpc) is 2.43. The Kier molecular flexibility index (Phi) is 3.88. The maximum Gasteiger partial charge on any atom is 0.309 e. The van der Waals surface area contributed by atoms with Crippen molar-refractivity contribution in [3.63, 3.8) is 0 Å². The van der Waals surface area contributed by atoms with E-state index in [1.54, 1.807) is 0 Å². The smallest absolute Gasteiger partial charge is 0.309 e. The van der Waals surface area contributed by atoms with Gasteiger partial charge in [-0.15, -0.1) is 0 Å². The van der Waals surface area contributed by atoms with E-state index >= 15 is 0 Å². The van der Waals surface area contributed by atoms with Crippen molar-refractivity contribution in [2.45, 2.75) is 30.7 Å². The Hall–Kier alpha value is -1.76. The van der Waals surface area contributed by atoms with Crippen LogP contribution in [0, 0.1) is 5.82 Å². The number of benzene rings is 1. The number of halogens is 4. The predicted octanol–water partition coefficient (Wildman–Crippen LogP) is 2.47. The molecule has 0 aliphatic carbocycles. The van der Waals surface area contributed by atoms with Crippen LogP contribution in [-0.2, 0) is 10.3 Å². The highest BCUT2D eigenvalue weighted by molar-refractivity contribution is 5.30. The predicted molar refractivity (Wildman–Crippen MR) is 67.8 cm³/mol. The molecule has 1 fully saturated rings. The lowest BCUT2D eigenvalue weighted by Crippen LogP contribution is -2.62. The molecule has 0 radical (unpaired) electrons. The van der Waals surface area contributed by atoms with Gasteiger partial charge in [-0.25, -0.2) is 8.78 Å². The fourth-order valence-electron chi connectivity index (χ4n) is 2.39. The minimum atomic E-state index is -3.82. The van der Waals surface area contributed by atoms with E-state index in [2.05, 4.69) is 11.9 Å². The highest BCUT2D eigenvalue weighted by Crippen LogP contribution is 2.41. The van der Waals surface area contributed by atoms with Gasteiger partial charge in [0.1, 0.15) is 18.0 Å². The molecule has 7 heteroatoms. The van der Waals surface area contributed by atoms with Gasteiger partial charge in [-0.3, -0.25) is 0 Å². The fourth-order valence-corrected chi connectivity index (χ4v) is 2.39. The van der Waals surface area contributed by atoms with Gasteiger partial charge in [0.25, 0.3) is 0 Å². The summed E-state index contributed by atoms with van der Waals surface area (Å²) in [5, 5.41) is 11.2. The lowest BCUT2D eigenvalue weighted by Gasteiger charge is -2.45. The number of aliphatic hydroxyl groups excluding tert-OH is 1. The van der Waals surface area contributed by atoms with Crippen LogP contribution in [-0.4, -0.2) is 29.9 Å². The van der Waals surface area contributed by atoms with Crippen LogP contribution < -0.4 is 5.32 Å². The average molecular weight is 305 g/mol. The van der Waals surface area contributed by atoms with Crippen molar-refractivity contribution in [1.82, 2.24) is 5.32 Å². The third kappa shape index (κ3) is 2.57. The summed E-state index contributed by atoms with van der Waals surface area (Å²) < 4.78 is 60.5. The van der Waals surface area contributed by atoms with E-state index in [-0.39, 0.29) is 11.4 Å². The van der Waals surface area contributed by atoms with Gasteiger partial charge in [0.2, 0.25) is 0 Å². The summed E-state index contributed by atoms with van der Waals surface area (Å²) in [7, 11) is 0. The highest BCUT2D eigenvalue weighted by atomic mass is 19.3. The molecule has 2 rings (SSSR count). The van der Waals surface area contributed by atoms with Crippen LogP contribution >= 0.6 is 0 Å². The van der Waals surface area contributed by atoms with Crippen LogP contribution in [0.3, 0.4) is 0 Å². The summed E-state index contributed by atoms with van der Waals surface area (Å²) in [6.45, 7) is 3.02. The molecular weight excluding hydrogens is 290 g/mol. The standard InChI is InChI=1S/C14H15F4NO2/c1-8-19-13(2,9-5-3-4-6-10(9)15)11(16)12(21-8)14(17,18)7-20/h3-6,11-12,19-20H,1,7H2,2H3/t11-,12-,13+/m0/s1. The van der Waals surface area contributed by atoms with E-state index in [0.29, 0.717) is 0 Å². The highest BCUT2D eigenvalue weighted by Gasteiger charge is 2.57. The topological polar surface area (TPSA) is 41.5 Å². The summed E-state index contributed by atoms with van der Waals surface area (Å²) in [5.41, 5.74) is -1.91. The van der Waals surface area contributed by atoms with Gasteiger partial charge in [-0.05, 0) is 19.6 Å². The van der Waals surface area contributed by atoms with E-state index in [4.69, 9.17) is 9.84 Å². The maximum absolute atomic E-state index is 14.6. The normalized spacial score (nSPS) is 29.7. The van der Waals surface area contributed by atoms with Crippen molar-refractivity contribution in [3.8, 4) is 0 Å². The Bertz CT molecular complexity index is 552. The Balaban J connectivity index is 2.48. The first kappa shape index (κ1) is 15.6. The zero-order valence-corrected chi connectivity index (χ0v) is 11.2. The van der Waals surface area contributed by atoms with Crippen LogP contribution in [0.25, 0.3) is 0 Å². The van der Waals surface area contributed by atoms with E-state index in [9.17, 15) is 17.6 Å². The van der Waals surface area contributed by atoms with E-state index < -0.39 is 36.2 Å². The summed E-state index contributed by atoms with van der Waals surface area (Å²) in [4.78, 5) is 0. The maximum atomic E-state index is 14.6. The Labute approximate surface area is 119 Å². The van der Waals surface area contributed by atoms with Crippen molar-refractivity contribution >= 4 is 0 Å². The second-order valence-electron chi connectivity index (χ2n) is 5.09. The molecule has 3 nitrogen and oxygen atoms in total. The molecule has 1 aliphatic heterocycles. The minimum absolute atomic E-state index is 0.124. The SMILES string of the molecule is C=C1N[C@](C)(c2ccccc2F)[C@@H](F)[C@@H](C(F)(F)CO)O1. The first-order chi connectivity index (χ1) is 9.72. The molecule has 0 saturated carbocycles. The molecule has 0 spiro atoms. The molecular formula is C14H15F4NO2. The molecule has 0 aromatic heterocycles. The molecule has 0 unspecified atom stereocenters. The molecule has 1 aromatic rings. The van der Waals surface area contributed by atoms with Gasteiger partial charge in [0.15, 0.2) is 18.2 Å². The molecule has 1 aromatic carbocycles. The second kappa shape index (κ2) is 5.22. The second-order valence-corrected chi connectivity index (χ2v) is 5.09. The molecule has 1 heterocycles. The lowest BCUT2D eigenvalue weighted by molar-refractivity contribution is -0.198. The van der Waals surface area contributed by atoms with Gasteiger partial charge in [-0.1, -0.05) is 18.2 Å². The van der Waals surface area contributed by atoms with Gasteiger partial charge in [-0.2, -0.15) is 8.78 Å². The lowest BCUT2D eigenvalue weighted by atomic mass is 9.81.